The first kappa shape index (κ1) is 27.6. The van der Waals surface area contributed by atoms with Crippen LogP contribution in [0.1, 0.15) is 55.1 Å². The van der Waals surface area contributed by atoms with E-state index in [1.807, 2.05) is 25.1 Å². The zero-order valence-electron chi connectivity index (χ0n) is 21.3. The van der Waals surface area contributed by atoms with Crippen LogP contribution in [0.2, 0.25) is 0 Å². The minimum absolute atomic E-state index is 0.0257. The van der Waals surface area contributed by atoms with Gasteiger partial charge in [0.2, 0.25) is 5.91 Å². The Hall–Kier alpha value is -3.98. The van der Waals surface area contributed by atoms with Crippen LogP contribution in [0.4, 0.5) is 5.82 Å². The van der Waals surface area contributed by atoms with Gasteiger partial charge in [-0.15, -0.1) is 0 Å². The summed E-state index contributed by atoms with van der Waals surface area (Å²) in [6.45, 7) is 3.64. The van der Waals surface area contributed by atoms with Crippen LogP contribution >= 0.6 is 0 Å². The van der Waals surface area contributed by atoms with Crippen LogP contribution in [-0.2, 0) is 11.2 Å². The van der Waals surface area contributed by atoms with Crippen LogP contribution < -0.4 is 22.1 Å². The summed E-state index contributed by atoms with van der Waals surface area (Å²) in [5.74, 6) is 0.354. The molecular formula is C28H36N6O3. The highest BCUT2D eigenvalue weighted by atomic mass is 16.3. The number of carbonyl (C=O) groups is 2. The molecular weight excluding hydrogens is 468 g/mol. The Morgan fingerprint density at radius 1 is 0.892 bits per heavy atom. The number of anilines is 1. The van der Waals surface area contributed by atoms with E-state index in [9.17, 15) is 14.7 Å². The average Bonchev–Trinajstić information content (AvgIpc) is 2.91. The van der Waals surface area contributed by atoms with E-state index >= 15 is 0 Å². The molecule has 9 nitrogen and oxygen atoms in total. The second-order valence-electron chi connectivity index (χ2n) is 8.80. The number of aromatic nitrogens is 2. The van der Waals surface area contributed by atoms with E-state index in [-0.39, 0.29) is 17.6 Å². The molecule has 0 atom stereocenters. The number of rotatable bonds is 13. The van der Waals surface area contributed by atoms with Crippen LogP contribution in [0.15, 0.2) is 48.8 Å². The maximum Gasteiger partial charge on any atom is 0.269 e. The highest BCUT2D eigenvalue weighted by Gasteiger charge is 2.16. The standard InChI is InChI=1S/C28H36N6O3/c1-2-22-23(18-34-27(30)26(22)19-8-11-21(35)12-9-19)20-10-13-24(33-17-20)28(37)32-16-6-15-31-25(36)7-4-3-5-14-29/h8-13,17-18,35H,2-7,14-16,29H2,1H3,(H2,30,34)(H,31,36)(H,32,37). The first-order chi connectivity index (χ1) is 17.9. The number of nitrogens with zero attached hydrogens (tertiary/aromatic N) is 2. The fourth-order valence-corrected chi connectivity index (χ4v) is 4.12. The first-order valence-electron chi connectivity index (χ1n) is 12.7. The van der Waals surface area contributed by atoms with E-state index in [1.165, 1.54) is 0 Å². The molecule has 7 N–H and O–H groups in total. The van der Waals surface area contributed by atoms with Gasteiger partial charge in [-0.25, -0.2) is 4.98 Å². The third kappa shape index (κ3) is 7.75. The SMILES string of the molecule is CCc1c(-c2ccc(C(=O)NCCCNC(=O)CCCCCN)nc2)cnc(N)c1-c1ccc(O)cc1. The first-order valence-corrected chi connectivity index (χ1v) is 12.7. The van der Waals surface area contributed by atoms with Gasteiger partial charge in [0.25, 0.3) is 5.91 Å². The fourth-order valence-electron chi connectivity index (χ4n) is 4.12. The van der Waals surface area contributed by atoms with E-state index in [0.29, 0.717) is 50.4 Å². The number of nitrogens with one attached hydrogen (secondary N) is 2. The molecule has 2 amide bonds. The Kier molecular flexibility index (Phi) is 10.4. The molecule has 0 unspecified atom stereocenters. The number of pyridine rings is 2. The van der Waals surface area contributed by atoms with Gasteiger partial charge in [0.15, 0.2) is 0 Å². The molecule has 0 fully saturated rings. The van der Waals surface area contributed by atoms with Crippen molar-refractivity contribution in [3.63, 3.8) is 0 Å². The highest BCUT2D eigenvalue weighted by Crippen LogP contribution is 2.36. The van der Waals surface area contributed by atoms with Gasteiger partial charge in [-0.3, -0.25) is 14.6 Å². The summed E-state index contributed by atoms with van der Waals surface area (Å²) in [7, 11) is 0. The Labute approximate surface area is 217 Å². The minimum Gasteiger partial charge on any atom is -0.508 e. The largest absolute Gasteiger partial charge is 0.508 e. The van der Waals surface area contributed by atoms with Crippen LogP contribution in [0.3, 0.4) is 0 Å². The topological polar surface area (TPSA) is 156 Å². The van der Waals surface area contributed by atoms with Crippen molar-refractivity contribution in [3.8, 4) is 28.0 Å². The smallest absolute Gasteiger partial charge is 0.269 e. The normalized spacial score (nSPS) is 10.8. The second-order valence-corrected chi connectivity index (χ2v) is 8.80. The van der Waals surface area contributed by atoms with Crippen LogP contribution in [0.25, 0.3) is 22.3 Å². The van der Waals surface area contributed by atoms with E-state index < -0.39 is 0 Å². The van der Waals surface area contributed by atoms with Crippen molar-refractivity contribution >= 4 is 17.6 Å². The zero-order chi connectivity index (χ0) is 26.6. The summed E-state index contributed by atoms with van der Waals surface area (Å²) in [6, 6.07) is 10.4. The molecule has 2 aromatic heterocycles. The molecule has 0 aliphatic carbocycles. The predicted molar refractivity (Wildman–Crippen MR) is 146 cm³/mol. The summed E-state index contributed by atoms with van der Waals surface area (Å²) in [6.07, 6.45) is 7.97. The third-order valence-corrected chi connectivity index (χ3v) is 6.10. The molecule has 0 aliphatic rings. The number of nitrogen functional groups attached to an aromatic ring is 1. The molecule has 0 radical (unpaired) electrons. The van der Waals surface area contributed by atoms with Gasteiger partial charge in [0, 0.05) is 48.6 Å². The lowest BCUT2D eigenvalue weighted by molar-refractivity contribution is -0.121. The summed E-state index contributed by atoms with van der Waals surface area (Å²) in [5.41, 5.74) is 16.4. The van der Waals surface area contributed by atoms with Crippen LogP contribution in [-0.4, -0.2) is 46.5 Å². The summed E-state index contributed by atoms with van der Waals surface area (Å²) < 4.78 is 0. The number of phenols is 1. The molecule has 0 saturated carbocycles. The molecule has 37 heavy (non-hydrogen) atoms. The molecule has 3 rings (SSSR count). The monoisotopic (exact) mass is 504 g/mol. The van der Waals surface area contributed by atoms with Gasteiger partial charge < -0.3 is 27.2 Å². The average molecular weight is 505 g/mol. The second kappa shape index (κ2) is 13.9. The number of nitrogens with two attached hydrogens (primary N) is 2. The van der Waals surface area contributed by atoms with E-state index in [2.05, 4.69) is 20.6 Å². The maximum absolute atomic E-state index is 12.5. The fraction of sp³-hybridized carbons (Fsp3) is 0.357. The lowest BCUT2D eigenvalue weighted by Gasteiger charge is -2.16. The van der Waals surface area contributed by atoms with E-state index in [4.69, 9.17) is 11.5 Å². The number of benzene rings is 1. The van der Waals surface area contributed by atoms with Crippen molar-refractivity contribution in [2.45, 2.75) is 45.4 Å². The zero-order valence-corrected chi connectivity index (χ0v) is 21.3. The van der Waals surface area contributed by atoms with Crippen LogP contribution in [0, 0.1) is 0 Å². The number of hydrogen-bond acceptors (Lipinski definition) is 7. The van der Waals surface area contributed by atoms with Crippen molar-refractivity contribution in [2.75, 3.05) is 25.4 Å². The number of aromatic hydroxyl groups is 1. The van der Waals surface area contributed by atoms with E-state index in [0.717, 1.165) is 47.1 Å². The summed E-state index contributed by atoms with van der Waals surface area (Å²) in [5, 5.41) is 15.4. The predicted octanol–water partition coefficient (Wildman–Crippen LogP) is 3.42. The highest BCUT2D eigenvalue weighted by molar-refractivity contribution is 5.92. The van der Waals surface area contributed by atoms with Gasteiger partial charge in [-0.05, 0) is 61.6 Å². The third-order valence-electron chi connectivity index (χ3n) is 6.10. The molecule has 0 saturated heterocycles. The molecule has 9 heteroatoms. The number of carbonyl (C=O) groups excluding carboxylic acids is 2. The van der Waals surface area contributed by atoms with Crippen molar-refractivity contribution in [3.05, 3.63) is 60.0 Å². The molecule has 0 spiro atoms. The van der Waals surface area contributed by atoms with Gasteiger partial charge in [0.1, 0.15) is 17.3 Å². The quantitative estimate of drug-likeness (QED) is 0.223. The molecule has 0 aliphatic heterocycles. The molecule has 3 aromatic rings. The van der Waals surface area contributed by atoms with Gasteiger partial charge >= 0.3 is 0 Å². The molecule has 196 valence electrons. The lowest BCUT2D eigenvalue weighted by atomic mass is 9.92. The summed E-state index contributed by atoms with van der Waals surface area (Å²) in [4.78, 5) is 33.0. The van der Waals surface area contributed by atoms with Crippen molar-refractivity contribution < 1.29 is 14.7 Å². The maximum atomic E-state index is 12.5. The van der Waals surface area contributed by atoms with E-state index in [1.54, 1.807) is 30.6 Å². The number of hydrogen-bond donors (Lipinski definition) is 5. The molecule has 1 aromatic carbocycles. The van der Waals surface area contributed by atoms with Gasteiger partial charge in [-0.2, -0.15) is 0 Å². The molecule has 0 bridgehead atoms. The lowest BCUT2D eigenvalue weighted by Crippen LogP contribution is -2.30. The van der Waals surface area contributed by atoms with Gasteiger partial charge in [0.05, 0.1) is 0 Å². The Bertz CT molecular complexity index is 1180. The summed E-state index contributed by atoms with van der Waals surface area (Å²) >= 11 is 0. The van der Waals surface area contributed by atoms with Gasteiger partial charge in [-0.1, -0.05) is 31.5 Å². The Morgan fingerprint density at radius 2 is 1.62 bits per heavy atom. The van der Waals surface area contributed by atoms with Crippen LogP contribution in [0.5, 0.6) is 5.75 Å². The molecule has 2 heterocycles. The van der Waals surface area contributed by atoms with Crippen molar-refractivity contribution in [2.24, 2.45) is 5.73 Å². The Balaban J connectivity index is 1.58. The Morgan fingerprint density at radius 3 is 2.30 bits per heavy atom. The number of amides is 2. The van der Waals surface area contributed by atoms with Crippen molar-refractivity contribution in [1.82, 2.24) is 20.6 Å². The number of phenolic OH excluding ortho intramolecular Hbond substituents is 1. The minimum atomic E-state index is -0.268. The van der Waals surface area contributed by atoms with Crippen molar-refractivity contribution in [1.29, 1.82) is 0 Å². The number of unbranched alkanes of at least 4 members (excludes halogenated alkanes) is 2.